The van der Waals surface area contributed by atoms with Gasteiger partial charge in [0.2, 0.25) is 11.8 Å². The normalized spacial score (nSPS) is 11.8. The Hall–Kier alpha value is -4.05. The molecule has 0 saturated carbocycles. The van der Waals surface area contributed by atoms with Crippen molar-refractivity contribution >= 4 is 27.5 Å². The number of methoxy groups -OCH3 is 2. The number of sulfonamides is 1. The molecule has 40 heavy (non-hydrogen) atoms. The fourth-order valence-electron chi connectivity index (χ4n) is 4.44. The molecule has 0 aliphatic rings. The van der Waals surface area contributed by atoms with E-state index < -0.39 is 28.5 Å². The second-order valence-electron chi connectivity index (χ2n) is 9.41. The van der Waals surface area contributed by atoms with Gasteiger partial charge in [0.1, 0.15) is 12.6 Å². The average Bonchev–Trinajstić information content (AvgIpc) is 2.95. The third-order valence-electron chi connectivity index (χ3n) is 6.61. The molecule has 0 bridgehead atoms. The fraction of sp³-hybridized carbons (Fsp3) is 0.333. The molecule has 0 saturated heterocycles. The van der Waals surface area contributed by atoms with Gasteiger partial charge in [-0.3, -0.25) is 13.9 Å². The van der Waals surface area contributed by atoms with Crippen molar-refractivity contribution in [3.63, 3.8) is 0 Å². The second kappa shape index (κ2) is 13.3. The Bertz CT molecular complexity index is 1440. The van der Waals surface area contributed by atoms with Crippen LogP contribution < -0.4 is 19.1 Å². The second-order valence-corrected chi connectivity index (χ2v) is 11.3. The largest absolute Gasteiger partial charge is 0.493 e. The maximum absolute atomic E-state index is 14.0. The van der Waals surface area contributed by atoms with Crippen LogP contribution in [0.5, 0.6) is 11.5 Å². The smallest absolute Gasteiger partial charge is 0.264 e. The average molecular weight is 568 g/mol. The van der Waals surface area contributed by atoms with Crippen LogP contribution in [-0.4, -0.2) is 59.0 Å². The van der Waals surface area contributed by atoms with Crippen molar-refractivity contribution in [2.24, 2.45) is 0 Å². The molecule has 10 heteroatoms. The molecule has 0 radical (unpaired) electrons. The number of likely N-dealkylation sites (N-methyl/N-ethyl adjacent to an activating group) is 1. The molecule has 3 rings (SSSR count). The lowest BCUT2D eigenvalue weighted by atomic mass is 10.1. The van der Waals surface area contributed by atoms with Crippen LogP contribution in [0.4, 0.5) is 5.69 Å². The summed E-state index contributed by atoms with van der Waals surface area (Å²) in [5, 5.41) is 2.63. The van der Waals surface area contributed by atoms with Crippen molar-refractivity contribution in [3.05, 3.63) is 83.4 Å². The zero-order valence-corrected chi connectivity index (χ0v) is 24.6. The summed E-state index contributed by atoms with van der Waals surface area (Å²) in [5.41, 5.74) is 2.95. The van der Waals surface area contributed by atoms with E-state index in [4.69, 9.17) is 9.47 Å². The summed E-state index contributed by atoms with van der Waals surface area (Å²) in [5.74, 6) is -0.132. The molecule has 1 unspecified atom stereocenters. The van der Waals surface area contributed by atoms with Gasteiger partial charge in [0.25, 0.3) is 10.0 Å². The van der Waals surface area contributed by atoms with Crippen molar-refractivity contribution < 1.29 is 27.5 Å². The van der Waals surface area contributed by atoms with Crippen LogP contribution in [0.15, 0.2) is 71.6 Å². The van der Waals surface area contributed by atoms with Gasteiger partial charge in [-0.2, -0.15) is 0 Å². The summed E-state index contributed by atoms with van der Waals surface area (Å²) < 4.78 is 39.8. The lowest BCUT2D eigenvalue weighted by molar-refractivity contribution is -0.140. The van der Waals surface area contributed by atoms with Gasteiger partial charge in [-0.05, 0) is 50.1 Å². The highest BCUT2D eigenvalue weighted by molar-refractivity contribution is 7.92. The molecule has 9 nitrogen and oxygen atoms in total. The first-order valence-corrected chi connectivity index (χ1v) is 14.4. The summed E-state index contributed by atoms with van der Waals surface area (Å²) in [6.45, 7) is 5.21. The van der Waals surface area contributed by atoms with Gasteiger partial charge in [-0.25, -0.2) is 8.42 Å². The fourth-order valence-corrected chi connectivity index (χ4v) is 5.85. The summed E-state index contributed by atoms with van der Waals surface area (Å²) >= 11 is 0. The topological polar surface area (TPSA) is 105 Å². The minimum atomic E-state index is -4.19. The molecule has 214 valence electrons. The van der Waals surface area contributed by atoms with Gasteiger partial charge >= 0.3 is 0 Å². The first kappa shape index (κ1) is 30.5. The molecule has 0 heterocycles. The predicted molar refractivity (Wildman–Crippen MR) is 155 cm³/mol. The number of aryl methyl sites for hydroxylation is 2. The number of nitrogens with zero attached hydrogens (tertiary/aromatic N) is 2. The standard InChI is InChI=1S/C30H37N3O6S/c1-7-26(30(35)31-4)32(19-23-10-8-9-22(3)17-23)29(34)20-33(24-13-16-27(38-5)28(18-24)39-6)40(36,37)25-14-11-21(2)12-15-25/h8-18,26H,7,19-20H2,1-6H3,(H,31,35). The molecule has 0 aromatic heterocycles. The first-order chi connectivity index (χ1) is 19.0. The number of carbonyl (C=O) groups excluding carboxylic acids is 2. The number of carbonyl (C=O) groups is 2. The Morgan fingerprint density at radius 2 is 1.57 bits per heavy atom. The number of benzene rings is 3. The zero-order valence-electron chi connectivity index (χ0n) is 23.8. The molecule has 1 N–H and O–H groups in total. The number of hydrogen-bond acceptors (Lipinski definition) is 6. The molecule has 2 amide bonds. The maximum Gasteiger partial charge on any atom is 0.264 e. The van der Waals surface area contributed by atoms with E-state index in [1.807, 2.05) is 45.0 Å². The van der Waals surface area contributed by atoms with Crippen LogP contribution >= 0.6 is 0 Å². The van der Waals surface area contributed by atoms with Gasteiger partial charge in [-0.15, -0.1) is 0 Å². The molecule has 0 fully saturated rings. The molecular weight excluding hydrogens is 530 g/mol. The van der Waals surface area contributed by atoms with Gasteiger partial charge in [0, 0.05) is 19.7 Å². The van der Waals surface area contributed by atoms with E-state index in [0.717, 1.165) is 21.0 Å². The Kier molecular flexibility index (Phi) is 10.2. The zero-order chi connectivity index (χ0) is 29.4. The van der Waals surface area contributed by atoms with Crippen molar-refractivity contribution in [1.29, 1.82) is 0 Å². The maximum atomic E-state index is 14.0. The van der Waals surface area contributed by atoms with E-state index in [1.165, 1.54) is 44.4 Å². The van der Waals surface area contributed by atoms with Gasteiger partial charge in [0.15, 0.2) is 11.5 Å². The summed E-state index contributed by atoms with van der Waals surface area (Å²) in [4.78, 5) is 28.3. The first-order valence-electron chi connectivity index (χ1n) is 12.9. The van der Waals surface area contributed by atoms with Crippen LogP contribution in [0.2, 0.25) is 0 Å². The van der Waals surface area contributed by atoms with E-state index in [2.05, 4.69) is 5.32 Å². The minimum absolute atomic E-state index is 0.0317. The van der Waals surface area contributed by atoms with E-state index in [0.29, 0.717) is 17.9 Å². The highest BCUT2D eigenvalue weighted by Crippen LogP contribution is 2.34. The molecular formula is C30H37N3O6S. The number of rotatable bonds is 12. The summed E-state index contributed by atoms with van der Waals surface area (Å²) in [7, 11) is 0.249. The van der Waals surface area contributed by atoms with Crippen LogP contribution in [0, 0.1) is 13.8 Å². The summed E-state index contributed by atoms with van der Waals surface area (Å²) in [6, 6.07) is 17.9. The summed E-state index contributed by atoms with van der Waals surface area (Å²) in [6.07, 6.45) is 0.346. The molecule has 1 atom stereocenters. The van der Waals surface area contributed by atoms with Crippen LogP contribution in [-0.2, 0) is 26.2 Å². The van der Waals surface area contributed by atoms with Crippen LogP contribution in [0.3, 0.4) is 0 Å². The predicted octanol–water partition coefficient (Wildman–Crippen LogP) is 4.07. The van der Waals surface area contributed by atoms with E-state index >= 15 is 0 Å². The Balaban J connectivity index is 2.12. The van der Waals surface area contributed by atoms with Crippen molar-refractivity contribution in [2.45, 2.75) is 44.7 Å². The van der Waals surface area contributed by atoms with Crippen molar-refractivity contribution in [2.75, 3.05) is 32.1 Å². The quantitative estimate of drug-likeness (QED) is 0.354. The van der Waals surface area contributed by atoms with Crippen LogP contribution in [0.25, 0.3) is 0 Å². The highest BCUT2D eigenvalue weighted by Gasteiger charge is 2.33. The molecule has 0 spiro atoms. The Labute approximate surface area is 236 Å². The minimum Gasteiger partial charge on any atom is -0.493 e. The highest BCUT2D eigenvalue weighted by atomic mass is 32.2. The van der Waals surface area contributed by atoms with Gasteiger partial charge in [-0.1, -0.05) is 54.4 Å². The van der Waals surface area contributed by atoms with Gasteiger partial charge in [0.05, 0.1) is 24.8 Å². The third kappa shape index (κ3) is 6.93. The SMILES string of the molecule is CCC(C(=O)NC)N(Cc1cccc(C)c1)C(=O)CN(c1ccc(OC)c(OC)c1)S(=O)(=O)c1ccc(C)cc1. The lowest BCUT2D eigenvalue weighted by Gasteiger charge is -2.33. The molecule has 3 aromatic rings. The van der Waals surface area contributed by atoms with Crippen molar-refractivity contribution in [1.82, 2.24) is 10.2 Å². The Morgan fingerprint density at radius 3 is 2.15 bits per heavy atom. The number of amides is 2. The number of hydrogen-bond donors (Lipinski definition) is 1. The Morgan fingerprint density at radius 1 is 0.900 bits per heavy atom. The lowest BCUT2D eigenvalue weighted by Crippen LogP contribution is -2.51. The molecule has 0 aliphatic heterocycles. The van der Waals surface area contributed by atoms with Crippen molar-refractivity contribution in [3.8, 4) is 11.5 Å². The number of anilines is 1. The number of nitrogens with one attached hydrogen (secondary N) is 1. The third-order valence-corrected chi connectivity index (χ3v) is 8.40. The monoisotopic (exact) mass is 567 g/mol. The van der Waals surface area contributed by atoms with E-state index in [1.54, 1.807) is 24.3 Å². The molecule has 3 aromatic carbocycles. The molecule has 0 aliphatic carbocycles. The van der Waals surface area contributed by atoms with Gasteiger partial charge < -0.3 is 19.7 Å². The van der Waals surface area contributed by atoms with E-state index in [9.17, 15) is 18.0 Å². The van der Waals surface area contributed by atoms with E-state index in [-0.39, 0.29) is 23.0 Å². The number of ether oxygens (including phenoxy) is 2. The van der Waals surface area contributed by atoms with Crippen LogP contribution in [0.1, 0.15) is 30.0 Å².